The first kappa shape index (κ1) is 9.93. The Balaban J connectivity index is 2.87. The smallest absolute Gasteiger partial charge is 0.159 e. The number of carbonyl (C=O) groups is 1. The summed E-state index contributed by atoms with van der Waals surface area (Å²) in [6.07, 6.45) is 0.278. The standard InChI is InChI=1S/C11H14O2/c1-3-11(13)10-6-4-9(5-7-10)8(2)12/h4-7,11,13H,3H2,1-2H3. The van der Waals surface area contributed by atoms with E-state index in [9.17, 15) is 9.90 Å². The van der Waals surface area contributed by atoms with Crippen LogP contribution in [0.4, 0.5) is 0 Å². The van der Waals surface area contributed by atoms with Gasteiger partial charge in [-0.1, -0.05) is 31.2 Å². The Morgan fingerprint density at radius 1 is 1.38 bits per heavy atom. The Morgan fingerprint density at radius 3 is 2.31 bits per heavy atom. The van der Waals surface area contributed by atoms with Crippen LogP contribution in [0.15, 0.2) is 24.3 Å². The number of aliphatic hydroxyl groups excluding tert-OH is 1. The van der Waals surface area contributed by atoms with Crippen molar-refractivity contribution < 1.29 is 9.90 Å². The van der Waals surface area contributed by atoms with Crippen molar-refractivity contribution in [2.24, 2.45) is 0 Å². The zero-order valence-electron chi connectivity index (χ0n) is 7.95. The SMILES string of the molecule is CCC(O)c1ccc(C(C)=O)cc1. The molecule has 0 amide bonds. The Bertz CT molecular complexity index is 287. The molecule has 1 aromatic carbocycles. The van der Waals surface area contributed by atoms with E-state index in [4.69, 9.17) is 0 Å². The average Bonchev–Trinajstić information content (AvgIpc) is 2.17. The molecule has 1 atom stereocenters. The van der Waals surface area contributed by atoms with E-state index in [1.54, 1.807) is 24.3 Å². The molecule has 1 N–H and O–H groups in total. The lowest BCUT2D eigenvalue weighted by molar-refractivity contribution is 0.101. The quantitative estimate of drug-likeness (QED) is 0.721. The molecule has 0 aliphatic heterocycles. The second-order valence-corrected chi connectivity index (χ2v) is 3.10. The summed E-state index contributed by atoms with van der Waals surface area (Å²) in [5.74, 6) is 0.0533. The van der Waals surface area contributed by atoms with Crippen LogP contribution in [0.25, 0.3) is 0 Å². The highest BCUT2D eigenvalue weighted by molar-refractivity contribution is 5.93. The minimum atomic E-state index is -0.416. The molecule has 13 heavy (non-hydrogen) atoms. The van der Waals surface area contributed by atoms with E-state index in [2.05, 4.69) is 0 Å². The maximum Gasteiger partial charge on any atom is 0.159 e. The molecule has 0 radical (unpaired) electrons. The highest BCUT2D eigenvalue weighted by atomic mass is 16.3. The summed E-state index contributed by atoms with van der Waals surface area (Å²) in [7, 11) is 0. The van der Waals surface area contributed by atoms with Gasteiger partial charge < -0.3 is 5.11 Å². The average molecular weight is 178 g/mol. The first-order valence-corrected chi connectivity index (χ1v) is 4.44. The second-order valence-electron chi connectivity index (χ2n) is 3.10. The van der Waals surface area contributed by atoms with Crippen LogP contribution in [0.5, 0.6) is 0 Å². The molecule has 0 aliphatic rings. The van der Waals surface area contributed by atoms with Crippen LogP contribution in [0.3, 0.4) is 0 Å². The minimum Gasteiger partial charge on any atom is -0.388 e. The first-order valence-electron chi connectivity index (χ1n) is 4.44. The van der Waals surface area contributed by atoms with Crippen LogP contribution in [-0.2, 0) is 0 Å². The predicted octanol–water partition coefficient (Wildman–Crippen LogP) is 2.33. The minimum absolute atomic E-state index is 0.0533. The molecule has 1 unspecified atom stereocenters. The molecular formula is C11H14O2. The van der Waals surface area contributed by atoms with E-state index in [0.29, 0.717) is 12.0 Å². The van der Waals surface area contributed by atoms with Crippen LogP contribution in [0, 0.1) is 0 Å². The largest absolute Gasteiger partial charge is 0.388 e. The van der Waals surface area contributed by atoms with Gasteiger partial charge in [-0.15, -0.1) is 0 Å². The van der Waals surface area contributed by atoms with Crippen LogP contribution in [-0.4, -0.2) is 10.9 Å². The third-order valence-electron chi connectivity index (χ3n) is 2.09. The van der Waals surface area contributed by atoms with Gasteiger partial charge in [0.1, 0.15) is 0 Å². The van der Waals surface area contributed by atoms with Crippen LogP contribution in [0.1, 0.15) is 42.3 Å². The molecule has 2 heteroatoms. The van der Waals surface area contributed by atoms with E-state index in [1.807, 2.05) is 6.92 Å². The lowest BCUT2D eigenvalue weighted by Gasteiger charge is -2.07. The van der Waals surface area contributed by atoms with Crippen LogP contribution >= 0.6 is 0 Å². The van der Waals surface area contributed by atoms with Gasteiger partial charge in [-0.2, -0.15) is 0 Å². The van der Waals surface area contributed by atoms with E-state index in [-0.39, 0.29) is 5.78 Å². The summed E-state index contributed by atoms with van der Waals surface area (Å²) in [5, 5.41) is 9.47. The number of hydrogen-bond acceptors (Lipinski definition) is 2. The van der Waals surface area contributed by atoms with E-state index < -0.39 is 6.10 Å². The van der Waals surface area contributed by atoms with Gasteiger partial charge in [0.15, 0.2) is 5.78 Å². The van der Waals surface area contributed by atoms with Crippen molar-refractivity contribution in [2.75, 3.05) is 0 Å². The number of hydrogen-bond donors (Lipinski definition) is 1. The third kappa shape index (κ3) is 2.39. The molecule has 0 saturated heterocycles. The van der Waals surface area contributed by atoms with Gasteiger partial charge >= 0.3 is 0 Å². The second kappa shape index (κ2) is 4.19. The van der Waals surface area contributed by atoms with Crippen molar-refractivity contribution in [3.8, 4) is 0 Å². The van der Waals surface area contributed by atoms with Crippen molar-refractivity contribution in [1.29, 1.82) is 0 Å². The van der Waals surface area contributed by atoms with Crippen molar-refractivity contribution in [3.05, 3.63) is 35.4 Å². The highest BCUT2D eigenvalue weighted by Crippen LogP contribution is 2.16. The zero-order chi connectivity index (χ0) is 9.84. The zero-order valence-corrected chi connectivity index (χ0v) is 7.95. The molecule has 1 rings (SSSR count). The fraction of sp³-hybridized carbons (Fsp3) is 0.364. The van der Waals surface area contributed by atoms with E-state index in [0.717, 1.165) is 5.56 Å². The molecule has 0 saturated carbocycles. The van der Waals surface area contributed by atoms with Crippen molar-refractivity contribution in [3.63, 3.8) is 0 Å². The van der Waals surface area contributed by atoms with Gasteiger partial charge in [0.2, 0.25) is 0 Å². The van der Waals surface area contributed by atoms with Crippen molar-refractivity contribution in [1.82, 2.24) is 0 Å². The van der Waals surface area contributed by atoms with Crippen LogP contribution < -0.4 is 0 Å². The number of carbonyl (C=O) groups excluding carboxylic acids is 1. The summed E-state index contributed by atoms with van der Waals surface area (Å²) in [4.78, 5) is 10.9. The maximum atomic E-state index is 10.9. The fourth-order valence-electron chi connectivity index (χ4n) is 1.18. The molecule has 70 valence electrons. The fourth-order valence-corrected chi connectivity index (χ4v) is 1.18. The highest BCUT2D eigenvalue weighted by Gasteiger charge is 2.04. The topological polar surface area (TPSA) is 37.3 Å². The van der Waals surface area contributed by atoms with Gasteiger partial charge in [0.25, 0.3) is 0 Å². The number of rotatable bonds is 3. The van der Waals surface area contributed by atoms with Gasteiger partial charge in [0, 0.05) is 5.56 Å². The Labute approximate surface area is 78.2 Å². The molecule has 0 fully saturated rings. The normalized spacial score (nSPS) is 12.5. The first-order chi connectivity index (χ1) is 6.15. The monoisotopic (exact) mass is 178 g/mol. The summed E-state index contributed by atoms with van der Waals surface area (Å²) in [5.41, 5.74) is 1.56. The number of Topliss-reactive ketones (excluding diaryl/α,β-unsaturated/α-hetero) is 1. The maximum absolute atomic E-state index is 10.9. The number of aliphatic hydroxyl groups is 1. The summed E-state index contributed by atoms with van der Waals surface area (Å²) in [6, 6.07) is 7.09. The summed E-state index contributed by atoms with van der Waals surface area (Å²) in [6.45, 7) is 3.45. The lowest BCUT2D eigenvalue weighted by Crippen LogP contribution is -1.97. The Hall–Kier alpha value is -1.15. The van der Waals surface area contributed by atoms with Crippen LogP contribution in [0.2, 0.25) is 0 Å². The number of ketones is 1. The molecular weight excluding hydrogens is 164 g/mol. The number of benzene rings is 1. The Kier molecular flexibility index (Phi) is 3.20. The Morgan fingerprint density at radius 2 is 1.92 bits per heavy atom. The lowest BCUT2D eigenvalue weighted by atomic mass is 10.0. The van der Waals surface area contributed by atoms with Crippen molar-refractivity contribution in [2.45, 2.75) is 26.4 Å². The molecule has 0 heterocycles. The van der Waals surface area contributed by atoms with Gasteiger partial charge in [-0.05, 0) is 18.9 Å². The predicted molar refractivity (Wildman–Crippen MR) is 51.7 cm³/mol. The summed E-state index contributed by atoms with van der Waals surface area (Å²) >= 11 is 0. The van der Waals surface area contributed by atoms with Gasteiger partial charge in [-0.25, -0.2) is 0 Å². The molecule has 0 aromatic heterocycles. The third-order valence-corrected chi connectivity index (χ3v) is 2.09. The molecule has 2 nitrogen and oxygen atoms in total. The molecule has 0 bridgehead atoms. The van der Waals surface area contributed by atoms with E-state index >= 15 is 0 Å². The van der Waals surface area contributed by atoms with Gasteiger partial charge in [-0.3, -0.25) is 4.79 Å². The molecule has 1 aromatic rings. The van der Waals surface area contributed by atoms with Crippen molar-refractivity contribution >= 4 is 5.78 Å². The van der Waals surface area contributed by atoms with Gasteiger partial charge in [0.05, 0.1) is 6.10 Å². The summed E-state index contributed by atoms with van der Waals surface area (Å²) < 4.78 is 0. The molecule has 0 spiro atoms. The molecule has 0 aliphatic carbocycles. The van der Waals surface area contributed by atoms with E-state index in [1.165, 1.54) is 6.92 Å².